The number of aromatic nitrogens is 1. The van der Waals surface area contributed by atoms with Gasteiger partial charge in [-0.3, -0.25) is 4.79 Å². The normalized spacial score (nSPS) is 17.8. The number of rotatable bonds is 1. The number of hydrogen-bond acceptors (Lipinski definition) is 3. The molecule has 2 heterocycles. The molecule has 1 aliphatic carbocycles. The number of halogens is 1. The van der Waals surface area contributed by atoms with Gasteiger partial charge in [0.2, 0.25) is 0 Å². The highest BCUT2D eigenvalue weighted by Crippen LogP contribution is 2.47. The minimum absolute atomic E-state index is 0.0318. The van der Waals surface area contributed by atoms with E-state index < -0.39 is 11.4 Å². The third-order valence-corrected chi connectivity index (χ3v) is 5.85. The van der Waals surface area contributed by atoms with E-state index in [-0.39, 0.29) is 21.9 Å². The van der Waals surface area contributed by atoms with Crippen molar-refractivity contribution in [2.24, 2.45) is 0 Å². The first-order chi connectivity index (χ1) is 11.9. The first kappa shape index (κ1) is 16.2. The van der Waals surface area contributed by atoms with Crippen LogP contribution in [0.2, 0.25) is 5.02 Å². The molecule has 0 atom stereocenters. The van der Waals surface area contributed by atoms with Crippen molar-refractivity contribution in [2.45, 2.75) is 44.1 Å². The van der Waals surface area contributed by atoms with Crippen molar-refractivity contribution in [1.29, 1.82) is 0 Å². The lowest BCUT2D eigenvalue weighted by atomic mass is 9.73. The molecule has 0 amide bonds. The Morgan fingerprint density at radius 2 is 1.88 bits per heavy atom. The van der Waals surface area contributed by atoms with E-state index in [4.69, 9.17) is 11.6 Å². The van der Waals surface area contributed by atoms with Gasteiger partial charge in [0, 0.05) is 23.4 Å². The van der Waals surface area contributed by atoms with Gasteiger partial charge in [0.05, 0.1) is 10.7 Å². The van der Waals surface area contributed by atoms with Crippen LogP contribution in [-0.2, 0) is 12.0 Å². The van der Waals surface area contributed by atoms with Crippen molar-refractivity contribution in [3.8, 4) is 17.0 Å². The monoisotopic (exact) mass is 359 g/mol. The van der Waals surface area contributed by atoms with E-state index in [9.17, 15) is 19.8 Å². The average Bonchev–Trinajstić information content (AvgIpc) is 2.57. The summed E-state index contributed by atoms with van der Waals surface area (Å²) in [6.07, 6.45) is 7.31. The summed E-state index contributed by atoms with van der Waals surface area (Å²) in [5.41, 5.74) is 1.45. The van der Waals surface area contributed by atoms with E-state index in [1.54, 1.807) is 12.1 Å². The van der Waals surface area contributed by atoms with Crippen LogP contribution in [0.15, 0.2) is 29.2 Å². The summed E-state index contributed by atoms with van der Waals surface area (Å²) in [6.45, 7) is 0. The fourth-order valence-electron chi connectivity index (χ4n) is 4.35. The van der Waals surface area contributed by atoms with E-state index in [0.29, 0.717) is 12.1 Å². The molecule has 6 heteroatoms. The summed E-state index contributed by atoms with van der Waals surface area (Å²) in [5.74, 6) is -1.18. The van der Waals surface area contributed by atoms with Crippen LogP contribution in [0, 0.1) is 0 Å². The van der Waals surface area contributed by atoms with Crippen LogP contribution in [0.5, 0.6) is 5.75 Å². The quantitative estimate of drug-likeness (QED) is 0.811. The number of phenols is 1. The highest BCUT2D eigenvalue weighted by atomic mass is 35.5. The zero-order valence-electron chi connectivity index (χ0n) is 13.6. The van der Waals surface area contributed by atoms with Crippen molar-refractivity contribution in [3.63, 3.8) is 0 Å². The number of aromatic carboxylic acids is 1. The molecule has 0 bridgehead atoms. The molecule has 1 aromatic carbocycles. The smallest absolute Gasteiger partial charge is 0.341 e. The van der Waals surface area contributed by atoms with Gasteiger partial charge < -0.3 is 14.8 Å². The van der Waals surface area contributed by atoms with Crippen LogP contribution < -0.4 is 5.43 Å². The maximum absolute atomic E-state index is 12.3. The Bertz CT molecular complexity index is 941. The Kier molecular flexibility index (Phi) is 3.65. The minimum atomic E-state index is -1.21. The molecule has 1 fully saturated rings. The first-order valence-electron chi connectivity index (χ1n) is 8.43. The lowest BCUT2D eigenvalue weighted by Gasteiger charge is -2.45. The maximum atomic E-state index is 12.3. The SMILES string of the molecule is O=C(O)c1cn2c(cc1=O)-c1cc(Cl)c(O)cc1CC21CCCCC1. The summed E-state index contributed by atoms with van der Waals surface area (Å²) in [7, 11) is 0. The van der Waals surface area contributed by atoms with Crippen LogP contribution in [0.1, 0.15) is 48.0 Å². The predicted octanol–water partition coefficient (Wildman–Crippen LogP) is 3.79. The Balaban J connectivity index is 2.03. The number of aromatic hydroxyl groups is 1. The van der Waals surface area contributed by atoms with E-state index >= 15 is 0 Å². The van der Waals surface area contributed by atoms with Gasteiger partial charge in [0.25, 0.3) is 0 Å². The second kappa shape index (κ2) is 5.63. The Hall–Kier alpha value is -2.27. The van der Waals surface area contributed by atoms with Crippen LogP contribution in [-0.4, -0.2) is 20.7 Å². The Labute approximate surface area is 149 Å². The molecule has 0 unspecified atom stereocenters. The number of nitrogens with zero attached hydrogens (tertiary/aromatic N) is 1. The molecule has 130 valence electrons. The maximum Gasteiger partial charge on any atom is 0.341 e. The topological polar surface area (TPSA) is 79.5 Å². The lowest BCUT2D eigenvalue weighted by Crippen LogP contribution is -2.42. The first-order valence-corrected chi connectivity index (χ1v) is 8.81. The number of pyridine rings is 1. The standard InChI is InChI=1S/C19H18ClNO4/c20-14-7-12-11(6-17(14)23)9-19(4-2-1-3-5-19)21-10-13(18(24)25)16(22)8-15(12)21/h6-8,10,23H,1-5,9H2,(H,24,25). The van der Waals surface area contributed by atoms with Gasteiger partial charge in [-0.05, 0) is 37.0 Å². The van der Waals surface area contributed by atoms with Crippen LogP contribution in [0.25, 0.3) is 11.3 Å². The molecule has 0 radical (unpaired) electrons. The van der Waals surface area contributed by atoms with E-state index in [1.807, 2.05) is 4.57 Å². The van der Waals surface area contributed by atoms with Crippen LogP contribution in [0.4, 0.5) is 0 Å². The molecule has 4 rings (SSSR count). The predicted molar refractivity (Wildman–Crippen MR) is 94.5 cm³/mol. The summed E-state index contributed by atoms with van der Waals surface area (Å²) in [5, 5.41) is 19.6. The van der Waals surface area contributed by atoms with Crippen molar-refractivity contribution in [1.82, 2.24) is 4.57 Å². The Morgan fingerprint density at radius 1 is 1.16 bits per heavy atom. The highest BCUT2D eigenvalue weighted by Gasteiger charge is 2.40. The van der Waals surface area contributed by atoms with Crippen molar-refractivity contribution in [2.75, 3.05) is 0 Å². The van der Waals surface area contributed by atoms with Crippen LogP contribution in [0.3, 0.4) is 0 Å². The molecule has 1 aliphatic heterocycles. The molecule has 25 heavy (non-hydrogen) atoms. The second-order valence-corrected chi connectivity index (χ2v) is 7.44. The summed E-state index contributed by atoms with van der Waals surface area (Å²) in [4.78, 5) is 23.7. The van der Waals surface area contributed by atoms with Crippen molar-refractivity contribution < 1.29 is 15.0 Å². The molecule has 1 aromatic heterocycles. The number of carbonyl (C=O) groups is 1. The van der Waals surface area contributed by atoms with Crippen LogP contribution >= 0.6 is 11.6 Å². The van der Waals surface area contributed by atoms with E-state index in [0.717, 1.165) is 43.2 Å². The summed E-state index contributed by atoms with van der Waals surface area (Å²) >= 11 is 6.08. The van der Waals surface area contributed by atoms with E-state index in [2.05, 4.69) is 0 Å². The number of fused-ring (bicyclic) bond motifs is 4. The van der Waals surface area contributed by atoms with Gasteiger partial charge in [-0.15, -0.1) is 0 Å². The van der Waals surface area contributed by atoms with Crippen molar-refractivity contribution >= 4 is 17.6 Å². The minimum Gasteiger partial charge on any atom is -0.506 e. The van der Waals surface area contributed by atoms with E-state index in [1.165, 1.54) is 12.3 Å². The molecular formula is C19H18ClNO4. The number of carboxylic acids is 1. The summed E-state index contributed by atoms with van der Waals surface area (Å²) < 4.78 is 1.98. The van der Waals surface area contributed by atoms with Gasteiger partial charge in [-0.2, -0.15) is 0 Å². The third-order valence-electron chi connectivity index (χ3n) is 5.54. The fourth-order valence-corrected chi connectivity index (χ4v) is 4.52. The molecule has 2 aliphatic rings. The largest absolute Gasteiger partial charge is 0.506 e. The number of phenolic OH excluding ortho intramolecular Hbond substituents is 1. The van der Waals surface area contributed by atoms with Gasteiger partial charge in [-0.1, -0.05) is 30.9 Å². The molecule has 2 N–H and O–H groups in total. The van der Waals surface area contributed by atoms with Gasteiger partial charge in [-0.25, -0.2) is 4.79 Å². The number of carboxylic acid groups (broad SMARTS) is 1. The van der Waals surface area contributed by atoms with Gasteiger partial charge in [0.15, 0.2) is 5.43 Å². The zero-order chi connectivity index (χ0) is 17.8. The fraction of sp³-hybridized carbons (Fsp3) is 0.368. The van der Waals surface area contributed by atoms with Gasteiger partial charge >= 0.3 is 5.97 Å². The molecule has 0 saturated heterocycles. The third kappa shape index (κ3) is 2.45. The molecule has 2 aromatic rings. The number of benzene rings is 1. The Morgan fingerprint density at radius 3 is 2.56 bits per heavy atom. The van der Waals surface area contributed by atoms with Gasteiger partial charge in [0.1, 0.15) is 11.3 Å². The molecule has 1 saturated carbocycles. The average molecular weight is 360 g/mol. The van der Waals surface area contributed by atoms with Crippen molar-refractivity contribution in [3.05, 3.63) is 50.8 Å². The zero-order valence-corrected chi connectivity index (χ0v) is 14.3. The molecule has 5 nitrogen and oxygen atoms in total. The second-order valence-electron chi connectivity index (χ2n) is 7.03. The number of hydrogen-bond donors (Lipinski definition) is 2. The lowest BCUT2D eigenvalue weighted by molar-refractivity contribution is 0.0693. The summed E-state index contributed by atoms with van der Waals surface area (Å²) in [6, 6.07) is 4.73. The highest BCUT2D eigenvalue weighted by molar-refractivity contribution is 6.32. The molecular weight excluding hydrogens is 342 g/mol. The molecule has 1 spiro atoms.